The van der Waals surface area contributed by atoms with Crippen LogP contribution in [0.5, 0.6) is 11.5 Å². The topological polar surface area (TPSA) is 62.2 Å². The van der Waals surface area contributed by atoms with Crippen molar-refractivity contribution in [1.29, 1.82) is 0 Å². The van der Waals surface area contributed by atoms with Crippen molar-refractivity contribution in [3.8, 4) is 22.6 Å². The van der Waals surface area contributed by atoms with Crippen LogP contribution in [0, 0.1) is 0 Å². The van der Waals surface area contributed by atoms with Gasteiger partial charge in [0.25, 0.3) is 0 Å². The summed E-state index contributed by atoms with van der Waals surface area (Å²) in [5.74, 6) is 1.41. The maximum absolute atomic E-state index is 9.12. The minimum Gasteiger partial charge on any atom is -0.491 e. The largest absolute Gasteiger partial charge is 0.491 e. The van der Waals surface area contributed by atoms with E-state index >= 15 is 0 Å². The Balaban J connectivity index is 1.28. The van der Waals surface area contributed by atoms with Gasteiger partial charge in [0, 0.05) is 17.1 Å². The summed E-state index contributed by atoms with van der Waals surface area (Å²) in [6, 6.07) is 44.2. The van der Waals surface area contributed by atoms with Gasteiger partial charge in [-0.1, -0.05) is 66.7 Å². The van der Waals surface area contributed by atoms with E-state index in [1.807, 2.05) is 48.5 Å². The monoisotopic (exact) mass is 565 g/mol. The third kappa shape index (κ3) is 5.10. The molecule has 0 saturated heterocycles. The van der Waals surface area contributed by atoms with E-state index in [9.17, 15) is 0 Å². The number of rotatable bonds is 10. The fraction of sp³-hybridized carbons (Fsp3) is 0.105. The Labute approximate surface area is 250 Å². The van der Waals surface area contributed by atoms with Gasteiger partial charge in [0.15, 0.2) is 0 Å². The van der Waals surface area contributed by atoms with Gasteiger partial charge in [-0.15, -0.1) is 0 Å². The molecule has 0 amide bonds. The van der Waals surface area contributed by atoms with Crippen molar-refractivity contribution < 1.29 is 19.7 Å². The van der Waals surface area contributed by atoms with Gasteiger partial charge in [0.1, 0.15) is 24.7 Å². The highest BCUT2D eigenvalue weighted by Gasteiger charge is 2.15. The molecule has 0 aliphatic carbocycles. The quantitative estimate of drug-likeness (QED) is 0.163. The van der Waals surface area contributed by atoms with Crippen LogP contribution in [0.2, 0.25) is 0 Å². The lowest BCUT2D eigenvalue weighted by molar-refractivity contribution is 0.201. The minimum absolute atomic E-state index is 0.0307. The van der Waals surface area contributed by atoms with E-state index in [0.29, 0.717) is 11.5 Å². The summed E-state index contributed by atoms with van der Waals surface area (Å²) in [7, 11) is 0. The molecule has 0 aromatic heterocycles. The molecular formula is C38H31NO4. The molecule has 5 heteroatoms. The molecule has 0 aliphatic rings. The molecule has 0 heterocycles. The number of hydrogen-bond acceptors (Lipinski definition) is 5. The molecule has 0 aliphatic heterocycles. The minimum atomic E-state index is -0.0307. The zero-order valence-electron chi connectivity index (χ0n) is 23.6. The molecule has 0 atom stereocenters. The molecular weight excluding hydrogens is 534 g/mol. The molecule has 5 nitrogen and oxygen atoms in total. The van der Waals surface area contributed by atoms with E-state index in [2.05, 4.69) is 83.8 Å². The van der Waals surface area contributed by atoms with Gasteiger partial charge in [-0.3, -0.25) is 0 Å². The lowest BCUT2D eigenvalue weighted by Gasteiger charge is -2.26. The normalized spacial score (nSPS) is 11.4. The summed E-state index contributed by atoms with van der Waals surface area (Å²) in [4.78, 5) is 2.18. The van der Waals surface area contributed by atoms with Crippen molar-refractivity contribution >= 4 is 49.4 Å². The molecule has 7 aromatic rings. The van der Waals surface area contributed by atoms with E-state index in [1.165, 1.54) is 37.9 Å². The number of anilines is 3. The lowest BCUT2D eigenvalue weighted by Crippen LogP contribution is -2.10. The average Bonchev–Trinajstić information content (AvgIpc) is 3.07. The fourth-order valence-corrected chi connectivity index (χ4v) is 5.93. The first-order valence-electron chi connectivity index (χ1n) is 14.5. The lowest BCUT2D eigenvalue weighted by atomic mass is 9.90. The molecule has 212 valence electrons. The number of hydrogen-bond donors (Lipinski definition) is 2. The molecule has 0 radical (unpaired) electrons. The molecule has 0 bridgehead atoms. The van der Waals surface area contributed by atoms with E-state index < -0.39 is 0 Å². The predicted octanol–water partition coefficient (Wildman–Crippen LogP) is 8.46. The molecule has 2 N–H and O–H groups in total. The van der Waals surface area contributed by atoms with Gasteiger partial charge in [0.2, 0.25) is 0 Å². The number of benzene rings is 7. The van der Waals surface area contributed by atoms with E-state index in [-0.39, 0.29) is 26.4 Å². The summed E-state index contributed by atoms with van der Waals surface area (Å²) in [5.41, 5.74) is 5.31. The highest BCUT2D eigenvalue weighted by molar-refractivity contribution is 6.25. The zero-order valence-corrected chi connectivity index (χ0v) is 23.6. The van der Waals surface area contributed by atoms with Gasteiger partial charge in [-0.25, -0.2) is 0 Å². The maximum Gasteiger partial charge on any atom is 0.119 e. The smallest absolute Gasteiger partial charge is 0.119 e. The van der Waals surface area contributed by atoms with Crippen molar-refractivity contribution in [3.63, 3.8) is 0 Å². The number of ether oxygens (including phenoxy) is 2. The molecule has 43 heavy (non-hydrogen) atoms. The van der Waals surface area contributed by atoms with Crippen LogP contribution in [-0.4, -0.2) is 36.6 Å². The van der Waals surface area contributed by atoms with Crippen molar-refractivity contribution in [3.05, 3.63) is 127 Å². The van der Waals surface area contributed by atoms with Gasteiger partial charge in [-0.05, 0) is 104 Å². The van der Waals surface area contributed by atoms with Crippen LogP contribution in [0.15, 0.2) is 127 Å². The Morgan fingerprint density at radius 3 is 1.47 bits per heavy atom. The molecule has 0 saturated carbocycles. The van der Waals surface area contributed by atoms with Crippen LogP contribution < -0.4 is 14.4 Å². The Morgan fingerprint density at radius 2 is 0.930 bits per heavy atom. The fourth-order valence-electron chi connectivity index (χ4n) is 5.93. The third-order valence-corrected chi connectivity index (χ3v) is 7.88. The molecule has 0 fully saturated rings. The van der Waals surface area contributed by atoms with E-state index in [0.717, 1.165) is 22.6 Å². The molecule has 7 aromatic carbocycles. The Kier molecular flexibility index (Phi) is 7.25. The SMILES string of the molecule is OCCOc1ccc(N(c2ccc(OCCO)cc2)c2ccc(-c3ccc4ccc5cccc6ccc3c4c56)cc2)cc1. The van der Waals surface area contributed by atoms with E-state index in [4.69, 9.17) is 19.7 Å². The second kappa shape index (κ2) is 11.6. The van der Waals surface area contributed by atoms with E-state index in [1.54, 1.807) is 0 Å². The maximum atomic E-state index is 9.12. The highest BCUT2D eigenvalue weighted by atomic mass is 16.5. The predicted molar refractivity (Wildman–Crippen MR) is 175 cm³/mol. The zero-order chi connectivity index (χ0) is 29.2. The van der Waals surface area contributed by atoms with Crippen molar-refractivity contribution in [2.24, 2.45) is 0 Å². The molecule has 7 rings (SSSR count). The Morgan fingerprint density at radius 1 is 0.465 bits per heavy atom. The summed E-state index contributed by atoms with van der Waals surface area (Å²) < 4.78 is 11.2. The van der Waals surface area contributed by atoms with Gasteiger partial charge in [0.05, 0.1) is 13.2 Å². The van der Waals surface area contributed by atoms with Crippen LogP contribution in [0.1, 0.15) is 0 Å². The summed E-state index contributed by atoms with van der Waals surface area (Å²) in [6.07, 6.45) is 0. The summed E-state index contributed by atoms with van der Waals surface area (Å²) in [5, 5.41) is 25.9. The Hall–Kier alpha value is -5.10. The second-order valence-corrected chi connectivity index (χ2v) is 10.5. The highest BCUT2D eigenvalue weighted by Crippen LogP contribution is 2.41. The van der Waals surface area contributed by atoms with Crippen molar-refractivity contribution in [2.75, 3.05) is 31.3 Å². The summed E-state index contributed by atoms with van der Waals surface area (Å²) in [6.45, 7) is 0.444. The van der Waals surface area contributed by atoms with Crippen LogP contribution in [0.4, 0.5) is 17.1 Å². The van der Waals surface area contributed by atoms with Gasteiger partial charge in [-0.2, -0.15) is 0 Å². The Bertz CT molecular complexity index is 1920. The third-order valence-electron chi connectivity index (χ3n) is 7.88. The van der Waals surface area contributed by atoms with Crippen LogP contribution >= 0.6 is 0 Å². The average molecular weight is 566 g/mol. The standard InChI is InChI=1S/C38H31NO4/c40-22-24-42-33-16-12-31(13-17-33)39(32-14-18-34(19-15-32)43-25-23-41)30-10-6-26(7-11-30)35-20-8-29-5-4-27-2-1-3-28-9-21-36(35)38(29)37(27)28/h1-21,40-41H,22-25H2. The van der Waals surface area contributed by atoms with Gasteiger partial charge >= 0.3 is 0 Å². The first-order valence-corrected chi connectivity index (χ1v) is 14.5. The second-order valence-electron chi connectivity index (χ2n) is 10.5. The van der Waals surface area contributed by atoms with Crippen LogP contribution in [0.3, 0.4) is 0 Å². The summed E-state index contributed by atoms with van der Waals surface area (Å²) >= 11 is 0. The molecule has 0 spiro atoms. The first-order chi connectivity index (χ1) is 21.2. The van der Waals surface area contributed by atoms with Crippen molar-refractivity contribution in [2.45, 2.75) is 0 Å². The number of aliphatic hydroxyl groups excluding tert-OH is 2. The number of nitrogens with zero attached hydrogens (tertiary/aromatic N) is 1. The van der Waals surface area contributed by atoms with Crippen LogP contribution in [0.25, 0.3) is 43.4 Å². The van der Waals surface area contributed by atoms with Crippen LogP contribution in [-0.2, 0) is 0 Å². The first kappa shape index (κ1) is 26.8. The van der Waals surface area contributed by atoms with Gasteiger partial charge < -0.3 is 24.6 Å². The number of aliphatic hydroxyl groups is 2. The van der Waals surface area contributed by atoms with Crippen molar-refractivity contribution in [1.82, 2.24) is 0 Å². The molecule has 0 unspecified atom stereocenters.